The molecule has 202 valence electrons. The SMILES string of the molecule is CCCN(C(=O)C(CCSC)NC(=O)OC(C)(C)C)C(C(=O)Nc1ccccc1C)c1ccccc1O. The van der Waals surface area contributed by atoms with Crippen LogP contribution >= 0.6 is 11.8 Å². The third-order valence-corrected chi connectivity index (χ3v) is 6.19. The molecule has 0 aliphatic carbocycles. The summed E-state index contributed by atoms with van der Waals surface area (Å²) in [5.41, 5.74) is 1.05. The van der Waals surface area contributed by atoms with Gasteiger partial charge in [0.1, 0.15) is 23.4 Å². The van der Waals surface area contributed by atoms with Gasteiger partial charge in [0.2, 0.25) is 5.91 Å². The molecule has 0 aliphatic heterocycles. The van der Waals surface area contributed by atoms with Crippen molar-refractivity contribution >= 4 is 35.4 Å². The third kappa shape index (κ3) is 9.00. The summed E-state index contributed by atoms with van der Waals surface area (Å²) >= 11 is 1.55. The predicted molar refractivity (Wildman–Crippen MR) is 149 cm³/mol. The number of phenols is 1. The zero-order valence-electron chi connectivity index (χ0n) is 22.5. The molecule has 0 spiro atoms. The van der Waals surface area contributed by atoms with Crippen LogP contribution in [0.4, 0.5) is 10.5 Å². The second-order valence-corrected chi connectivity index (χ2v) is 10.8. The lowest BCUT2D eigenvalue weighted by atomic mass is 10.0. The normalized spacial score (nSPS) is 12.8. The van der Waals surface area contributed by atoms with E-state index in [1.165, 1.54) is 11.0 Å². The van der Waals surface area contributed by atoms with E-state index in [2.05, 4.69) is 10.6 Å². The Kier molecular flexibility index (Phi) is 11.3. The number of hydrogen-bond donors (Lipinski definition) is 3. The Morgan fingerprint density at radius 2 is 1.73 bits per heavy atom. The van der Waals surface area contributed by atoms with Crippen molar-refractivity contribution < 1.29 is 24.2 Å². The minimum absolute atomic E-state index is 0.0953. The van der Waals surface area contributed by atoms with Crippen molar-refractivity contribution in [2.75, 3.05) is 23.9 Å². The molecule has 0 aliphatic rings. The van der Waals surface area contributed by atoms with E-state index in [1.807, 2.05) is 38.3 Å². The van der Waals surface area contributed by atoms with E-state index in [9.17, 15) is 19.5 Å². The maximum absolute atomic E-state index is 14.0. The quantitative estimate of drug-likeness (QED) is 0.366. The maximum atomic E-state index is 14.0. The standard InChI is InChI=1S/C28H39N3O5S/c1-7-17-31(26(34)22(16-18-37-6)30-27(35)36-28(3,4)5)24(20-13-9-11-15-23(20)32)25(33)29-21-14-10-8-12-19(21)2/h8-15,22,24,32H,7,16-18H2,1-6H3,(H,29,33)(H,30,35). The first-order valence-electron chi connectivity index (χ1n) is 12.4. The smallest absolute Gasteiger partial charge is 0.408 e. The van der Waals surface area contributed by atoms with Crippen LogP contribution in [-0.4, -0.2) is 58.1 Å². The average Bonchev–Trinajstić information content (AvgIpc) is 2.82. The fourth-order valence-corrected chi connectivity index (χ4v) is 4.31. The van der Waals surface area contributed by atoms with Crippen LogP contribution in [0.25, 0.3) is 0 Å². The van der Waals surface area contributed by atoms with E-state index in [0.29, 0.717) is 29.8 Å². The van der Waals surface area contributed by atoms with Crippen LogP contribution < -0.4 is 10.6 Å². The number of phenolic OH excluding ortho intramolecular Hbond substituents is 1. The topological polar surface area (TPSA) is 108 Å². The Labute approximate surface area is 224 Å². The van der Waals surface area contributed by atoms with Gasteiger partial charge in [-0.1, -0.05) is 43.3 Å². The molecule has 0 saturated heterocycles. The zero-order chi connectivity index (χ0) is 27.6. The number of aromatic hydroxyl groups is 1. The molecule has 0 fully saturated rings. The number of nitrogens with one attached hydrogen (secondary N) is 2. The molecule has 9 heteroatoms. The predicted octanol–water partition coefficient (Wildman–Crippen LogP) is 5.27. The van der Waals surface area contributed by atoms with Gasteiger partial charge >= 0.3 is 6.09 Å². The number of para-hydroxylation sites is 2. The van der Waals surface area contributed by atoms with Crippen molar-refractivity contribution in [3.63, 3.8) is 0 Å². The molecule has 2 unspecified atom stereocenters. The van der Waals surface area contributed by atoms with Crippen molar-refractivity contribution in [3.8, 4) is 5.75 Å². The van der Waals surface area contributed by atoms with Crippen LogP contribution in [0, 0.1) is 6.92 Å². The number of carbonyl (C=O) groups excluding carboxylic acids is 3. The van der Waals surface area contributed by atoms with Gasteiger partial charge in [-0.15, -0.1) is 0 Å². The van der Waals surface area contributed by atoms with Gasteiger partial charge in [-0.3, -0.25) is 9.59 Å². The molecule has 2 rings (SSSR count). The van der Waals surface area contributed by atoms with Crippen LogP contribution in [0.1, 0.15) is 57.7 Å². The fourth-order valence-electron chi connectivity index (χ4n) is 3.83. The van der Waals surface area contributed by atoms with Gasteiger partial charge < -0.3 is 25.4 Å². The molecule has 0 aromatic heterocycles. The summed E-state index contributed by atoms with van der Waals surface area (Å²) in [7, 11) is 0. The van der Waals surface area contributed by atoms with Gasteiger partial charge in [-0.25, -0.2) is 4.79 Å². The first-order valence-corrected chi connectivity index (χ1v) is 13.8. The van der Waals surface area contributed by atoms with Crippen LogP contribution in [-0.2, 0) is 14.3 Å². The highest BCUT2D eigenvalue weighted by Gasteiger charge is 2.37. The Morgan fingerprint density at radius 1 is 1.08 bits per heavy atom. The van der Waals surface area contributed by atoms with Crippen molar-refractivity contribution in [2.24, 2.45) is 0 Å². The van der Waals surface area contributed by atoms with E-state index in [4.69, 9.17) is 4.74 Å². The Morgan fingerprint density at radius 3 is 2.32 bits per heavy atom. The van der Waals surface area contributed by atoms with Crippen molar-refractivity contribution in [2.45, 2.75) is 65.1 Å². The van der Waals surface area contributed by atoms with E-state index in [-0.39, 0.29) is 12.3 Å². The summed E-state index contributed by atoms with van der Waals surface area (Å²) in [6, 6.07) is 11.8. The minimum atomic E-state index is -1.12. The van der Waals surface area contributed by atoms with Gasteiger partial charge in [0.05, 0.1) is 0 Å². The lowest BCUT2D eigenvalue weighted by Gasteiger charge is -2.34. The van der Waals surface area contributed by atoms with Crippen LogP contribution in [0.3, 0.4) is 0 Å². The molecule has 2 atom stereocenters. The van der Waals surface area contributed by atoms with Crippen molar-refractivity contribution in [1.82, 2.24) is 10.2 Å². The van der Waals surface area contributed by atoms with Crippen molar-refractivity contribution in [1.29, 1.82) is 0 Å². The molecular weight excluding hydrogens is 490 g/mol. The summed E-state index contributed by atoms with van der Waals surface area (Å²) < 4.78 is 5.40. The zero-order valence-corrected chi connectivity index (χ0v) is 23.4. The number of benzene rings is 2. The number of anilines is 1. The van der Waals surface area contributed by atoms with Gasteiger partial charge in [0.15, 0.2) is 0 Å². The monoisotopic (exact) mass is 529 g/mol. The number of aryl methyl sites for hydroxylation is 1. The summed E-state index contributed by atoms with van der Waals surface area (Å²) in [4.78, 5) is 41.8. The lowest BCUT2D eigenvalue weighted by molar-refractivity contribution is -0.140. The molecule has 0 bridgehead atoms. The first kappa shape index (κ1) is 30.0. The van der Waals surface area contributed by atoms with E-state index in [1.54, 1.807) is 56.8 Å². The largest absolute Gasteiger partial charge is 0.508 e. The second-order valence-electron chi connectivity index (χ2n) is 9.78. The molecule has 0 radical (unpaired) electrons. The van der Waals surface area contributed by atoms with Crippen molar-refractivity contribution in [3.05, 3.63) is 59.7 Å². The molecule has 0 heterocycles. The number of rotatable bonds is 11. The first-order chi connectivity index (χ1) is 17.5. The Balaban J connectivity index is 2.49. The van der Waals surface area contributed by atoms with Crippen LogP contribution in [0.5, 0.6) is 5.75 Å². The number of thioether (sulfide) groups is 1. The van der Waals surface area contributed by atoms with E-state index < -0.39 is 35.6 Å². The molecule has 2 aromatic rings. The molecule has 8 nitrogen and oxygen atoms in total. The maximum Gasteiger partial charge on any atom is 0.408 e. The molecule has 0 saturated carbocycles. The van der Waals surface area contributed by atoms with Gasteiger partial charge in [-0.2, -0.15) is 11.8 Å². The summed E-state index contributed by atoms with van der Waals surface area (Å²) in [5, 5.41) is 16.3. The Hall–Kier alpha value is -3.20. The van der Waals surface area contributed by atoms with Gasteiger partial charge in [0.25, 0.3) is 5.91 Å². The van der Waals surface area contributed by atoms with E-state index >= 15 is 0 Å². The number of amides is 3. The Bertz CT molecular complexity index is 1070. The third-order valence-electron chi connectivity index (χ3n) is 5.54. The highest BCUT2D eigenvalue weighted by atomic mass is 32.2. The molecule has 37 heavy (non-hydrogen) atoms. The molecule has 2 aromatic carbocycles. The van der Waals surface area contributed by atoms with Crippen LogP contribution in [0.2, 0.25) is 0 Å². The lowest BCUT2D eigenvalue weighted by Crippen LogP contribution is -2.52. The number of nitrogens with zero attached hydrogens (tertiary/aromatic N) is 1. The number of ether oxygens (including phenoxy) is 1. The summed E-state index contributed by atoms with van der Waals surface area (Å²) in [6.45, 7) is 9.27. The van der Waals surface area contributed by atoms with Gasteiger partial charge in [0, 0.05) is 17.8 Å². The highest BCUT2D eigenvalue weighted by Crippen LogP contribution is 2.31. The molecular formula is C28H39N3O5S. The summed E-state index contributed by atoms with van der Waals surface area (Å²) in [6.07, 6.45) is 2.13. The molecule has 3 amide bonds. The van der Waals surface area contributed by atoms with Gasteiger partial charge in [-0.05, 0) is 70.2 Å². The number of alkyl carbamates (subject to hydrolysis) is 1. The second kappa shape index (κ2) is 13.9. The summed E-state index contributed by atoms with van der Waals surface area (Å²) in [5.74, 6) is -0.362. The van der Waals surface area contributed by atoms with E-state index in [0.717, 1.165) is 5.56 Å². The number of carbonyl (C=O) groups is 3. The minimum Gasteiger partial charge on any atom is -0.508 e. The highest BCUT2D eigenvalue weighted by molar-refractivity contribution is 7.98. The number of hydrogen-bond acceptors (Lipinski definition) is 6. The fraction of sp³-hybridized carbons (Fsp3) is 0.464. The molecule has 3 N–H and O–H groups in total. The van der Waals surface area contributed by atoms with Crippen LogP contribution in [0.15, 0.2) is 48.5 Å². The average molecular weight is 530 g/mol.